The van der Waals surface area contributed by atoms with Crippen molar-refractivity contribution in [3.8, 4) is 23.7 Å². The van der Waals surface area contributed by atoms with E-state index in [0.29, 0.717) is 5.56 Å². The minimum Gasteiger partial charge on any atom is -0.467 e. The highest BCUT2D eigenvalue weighted by molar-refractivity contribution is 5.97. The van der Waals surface area contributed by atoms with Crippen molar-refractivity contribution in [2.24, 2.45) is 0 Å². The van der Waals surface area contributed by atoms with Crippen LogP contribution >= 0.6 is 0 Å². The molecule has 0 heterocycles. The molecule has 0 aromatic heterocycles. The van der Waals surface area contributed by atoms with Crippen LogP contribution < -0.4 is 10.6 Å². The van der Waals surface area contributed by atoms with Gasteiger partial charge in [-0.05, 0) is 70.7 Å². The number of benzene rings is 1. The van der Waals surface area contributed by atoms with E-state index in [-0.39, 0.29) is 18.6 Å². The third kappa shape index (κ3) is 9.95. The maximum atomic E-state index is 12.8. The maximum Gasteiger partial charge on any atom is 0.408 e. The molecule has 0 aliphatic carbocycles. The number of hydrogen-bond acceptors (Lipinski definition) is 7. The van der Waals surface area contributed by atoms with Gasteiger partial charge in [0.25, 0.3) is 5.91 Å². The molecule has 4 N–H and O–H groups in total. The smallest absolute Gasteiger partial charge is 0.408 e. The second-order valence-corrected chi connectivity index (χ2v) is 8.95. The molecular weight excluding hydrogens is 440 g/mol. The molecule has 2 amide bonds. The number of esters is 1. The lowest BCUT2D eigenvalue weighted by Gasteiger charge is -2.34. The SMILES string of the molecule is COC(=O)[C@@H](NC(=O)c1ccc(C#CC#CC[C@H](O)CO)cc1)C(C)(C)NC(=O)OC(C)(C)C. The number of alkyl carbamates (subject to hydrolysis) is 1. The van der Waals surface area contributed by atoms with E-state index in [4.69, 9.17) is 14.6 Å². The summed E-state index contributed by atoms with van der Waals surface area (Å²) < 4.78 is 10.1. The lowest BCUT2D eigenvalue weighted by molar-refractivity contribution is -0.144. The first kappa shape index (κ1) is 28.5. The number of methoxy groups -OCH3 is 1. The highest BCUT2D eigenvalue weighted by Crippen LogP contribution is 2.15. The van der Waals surface area contributed by atoms with Crippen LogP contribution in [0.3, 0.4) is 0 Å². The predicted octanol–water partition coefficient (Wildman–Crippen LogP) is 1.36. The van der Waals surface area contributed by atoms with Crippen LogP contribution in [-0.4, -0.2) is 65.2 Å². The molecule has 0 aliphatic heterocycles. The number of aliphatic hydroxyl groups excluding tert-OH is 2. The molecule has 0 radical (unpaired) electrons. The van der Waals surface area contributed by atoms with E-state index in [1.807, 2.05) is 0 Å². The number of rotatable bonds is 7. The van der Waals surface area contributed by atoms with E-state index in [0.717, 1.165) is 0 Å². The van der Waals surface area contributed by atoms with Gasteiger partial charge in [0.05, 0.1) is 25.4 Å². The fourth-order valence-corrected chi connectivity index (χ4v) is 2.59. The highest BCUT2D eigenvalue weighted by atomic mass is 16.6. The van der Waals surface area contributed by atoms with Crippen LogP contribution in [0.15, 0.2) is 24.3 Å². The van der Waals surface area contributed by atoms with Crippen molar-refractivity contribution in [2.75, 3.05) is 13.7 Å². The normalized spacial score (nSPS) is 12.6. The van der Waals surface area contributed by atoms with Gasteiger partial charge in [0.15, 0.2) is 0 Å². The van der Waals surface area contributed by atoms with Gasteiger partial charge in [-0.1, -0.05) is 11.8 Å². The first-order valence-corrected chi connectivity index (χ1v) is 10.6. The zero-order valence-electron chi connectivity index (χ0n) is 20.3. The topological polar surface area (TPSA) is 134 Å². The second kappa shape index (κ2) is 12.6. The molecule has 1 aromatic carbocycles. The Kier molecular flexibility index (Phi) is 10.6. The monoisotopic (exact) mass is 472 g/mol. The Morgan fingerprint density at radius 2 is 1.68 bits per heavy atom. The third-order valence-corrected chi connectivity index (χ3v) is 4.31. The van der Waals surface area contributed by atoms with Crippen molar-refractivity contribution in [3.63, 3.8) is 0 Å². The highest BCUT2D eigenvalue weighted by Gasteiger charge is 2.39. The first-order valence-electron chi connectivity index (χ1n) is 10.6. The summed E-state index contributed by atoms with van der Waals surface area (Å²) in [6, 6.07) is 5.10. The van der Waals surface area contributed by atoms with E-state index in [2.05, 4.69) is 34.3 Å². The molecule has 0 aliphatic rings. The average Bonchev–Trinajstić information content (AvgIpc) is 2.74. The predicted molar refractivity (Wildman–Crippen MR) is 126 cm³/mol. The summed E-state index contributed by atoms with van der Waals surface area (Å²) in [6.45, 7) is 7.90. The van der Waals surface area contributed by atoms with Crippen molar-refractivity contribution in [3.05, 3.63) is 35.4 Å². The summed E-state index contributed by atoms with van der Waals surface area (Å²) in [4.78, 5) is 37.4. The minimum atomic E-state index is -1.22. The lowest BCUT2D eigenvalue weighted by Crippen LogP contribution is -2.62. The molecule has 0 fully saturated rings. The van der Waals surface area contributed by atoms with Crippen molar-refractivity contribution < 1.29 is 34.1 Å². The minimum absolute atomic E-state index is 0.116. The van der Waals surface area contributed by atoms with Gasteiger partial charge in [-0.2, -0.15) is 0 Å². The standard InChI is InChI=1S/C25H32N2O7/c1-24(2,3)34-23(32)27-25(4,5)20(22(31)33-6)26-21(30)18-14-12-17(13-15-18)10-8-7-9-11-19(29)16-28/h12-15,19-20,28-29H,11,16H2,1-6H3,(H,26,30)(H,27,32)/t19-,20+/m0/s1. The molecule has 34 heavy (non-hydrogen) atoms. The van der Waals surface area contributed by atoms with Gasteiger partial charge in [0.1, 0.15) is 11.6 Å². The Hall–Kier alpha value is -3.53. The molecule has 0 bridgehead atoms. The number of aliphatic hydroxyl groups is 2. The molecule has 9 heteroatoms. The fourth-order valence-electron chi connectivity index (χ4n) is 2.59. The van der Waals surface area contributed by atoms with Crippen LogP contribution in [0, 0.1) is 23.7 Å². The zero-order chi connectivity index (χ0) is 25.9. The summed E-state index contributed by atoms with van der Waals surface area (Å²) in [6.07, 6.45) is -1.52. The lowest BCUT2D eigenvalue weighted by atomic mass is 9.94. The van der Waals surface area contributed by atoms with Gasteiger partial charge in [-0.25, -0.2) is 9.59 Å². The molecule has 9 nitrogen and oxygen atoms in total. The molecule has 1 aromatic rings. The Morgan fingerprint density at radius 3 is 2.21 bits per heavy atom. The summed E-state index contributed by atoms with van der Waals surface area (Å²) in [5.74, 6) is 9.34. The number of carbonyl (C=O) groups is 3. The second-order valence-electron chi connectivity index (χ2n) is 8.95. The van der Waals surface area contributed by atoms with E-state index in [9.17, 15) is 19.5 Å². The van der Waals surface area contributed by atoms with Crippen molar-refractivity contribution in [1.29, 1.82) is 0 Å². The Morgan fingerprint density at radius 1 is 1.06 bits per heavy atom. The number of hydrogen-bond donors (Lipinski definition) is 4. The molecule has 0 saturated carbocycles. The van der Waals surface area contributed by atoms with Gasteiger partial charge in [0, 0.05) is 17.5 Å². The summed E-state index contributed by atoms with van der Waals surface area (Å²) >= 11 is 0. The van der Waals surface area contributed by atoms with Gasteiger partial charge >= 0.3 is 12.1 Å². The van der Waals surface area contributed by atoms with Gasteiger partial charge in [0.2, 0.25) is 0 Å². The molecule has 1 rings (SSSR count). The maximum absolute atomic E-state index is 12.8. The van der Waals surface area contributed by atoms with Crippen LogP contribution in [0.2, 0.25) is 0 Å². The fraction of sp³-hybridized carbons (Fsp3) is 0.480. The number of amides is 2. The Labute approximate surface area is 200 Å². The van der Waals surface area contributed by atoms with Crippen LogP contribution in [0.25, 0.3) is 0 Å². The van der Waals surface area contributed by atoms with Crippen molar-refractivity contribution in [2.45, 2.75) is 64.3 Å². The Bertz CT molecular complexity index is 987. The summed E-state index contributed by atoms with van der Waals surface area (Å²) in [5, 5.41) is 23.1. The van der Waals surface area contributed by atoms with E-state index >= 15 is 0 Å². The largest absolute Gasteiger partial charge is 0.467 e. The first-order chi connectivity index (χ1) is 15.8. The van der Waals surface area contributed by atoms with Crippen molar-refractivity contribution >= 4 is 18.0 Å². The molecule has 2 atom stereocenters. The molecular formula is C25H32N2O7. The molecule has 0 unspecified atom stereocenters. The third-order valence-electron chi connectivity index (χ3n) is 4.31. The number of ether oxygens (including phenoxy) is 2. The van der Waals surface area contributed by atoms with Crippen LogP contribution in [0.5, 0.6) is 0 Å². The van der Waals surface area contributed by atoms with E-state index in [1.165, 1.54) is 19.2 Å². The summed E-state index contributed by atoms with van der Waals surface area (Å²) in [5.41, 5.74) is -1.09. The number of nitrogens with one attached hydrogen (secondary N) is 2. The van der Waals surface area contributed by atoms with Crippen LogP contribution in [0.1, 0.15) is 57.0 Å². The van der Waals surface area contributed by atoms with Crippen LogP contribution in [0.4, 0.5) is 4.79 Å². The molecule has 0 spiro atoms. The number of carbonyl (C=O) groups excluding carboxylic acids is 3. The quantitative estimate of drug-likeness (QED) is 0.348. The molecule has 184 valence electrons. The van der Waals surface area contributed by atoms with E-state index in [1.54, 1.807) is 46.8 Å². The van der Waals surface area contributed by atoms with E-state index < -0.39 is 41.3 Å². The van der Waals surface area contributed by atoms with Crippen molar-refractivity contribution in [1.82, 2.24) is 10.6 Å². The van der Waals surface area contributed by atoms with Gasteiger partial charge < -0.3 is 30.3 Å². The Balaban J connectivity index is 2.92. The van der Waals surface area contributed by atoms with Crippen LogP contribution in [-0.2, 0) is 14.3 Å². The zero-order valence-corrected chi connectivity index (χ0v) is 20.3. The summed E-state index contributed by atoms with van der Waals surface area (Å²) in [7, 11) is 1.19. The van der Waals surface area contributed by atoms with Gasteiger partial charge in [-0.15, -0.1) is 0 Å². The molecule has 0 saturated heterocycles. The van der Waals surface area contributed by atoms with Gasteiger partial charge in [-0.3, -0.25) is 4.79 Å². The average molecular weight is 473 g/mol.